The number of hydrogen-bond donors (Lipinski definition) is 1. The normalized spacial score (nSPS) is 15.0. The number of sulfonamides is 1. The number of carbonyl (C=O) groups is 1. The first-order valence-corrected chi connectivity index (χ1v) is 11.0. The van der Waals surface area contributed by atoms with E-state index in [0.29, 0.717) is 11.4 Å². The monoisotopic (exact) mass is 402 g/mol. The van der Waals surface area contributed by atoms with Crippen molar-refractivity contribution in [3.05, 3.63) is 54.1 Å². The highest BCUT2D eigenvalue weighted by Gasteiger charge is 2.17. The second-order valence-electron chi connectivity index (χ2n) is 7.03. The Hall–Kier alpha value is -2.54. The smallest absolute Gasteiger partial charge is 0.261 e. The highest BCUT2D eigenvalue weighted by Crippen LogP contribution is 2.20. The first kappa shape index (κ1) is 20.2. The van der Waals surface area contributed by atoms with Crippen molar-refractivity contribution in [1.29, 1.82) is 0 Å². The summed E-state index contributed by atoms with van der Waals surface area (Å²) in [6.45, 7) is 3.43. The lowest BCUT2D eigenvalue weighted by Crippen LogP contribution is -2.35. The molecule has 0 unspecified atom stereocenters. The topological polar surface area (TPSA) is 75.7 Å². The third kappa shape index (κ3) is 5.48. The predicted octanol–water partition coefficient (Wildman–Crippen LogP) is 3.58. The second kappa shape index (κ2) is 9.10. The number of carbonyl (C=O) groups excluding carboxylic acids is 1. The van der Waals surface area contributed by atoms with Crippen molar-refractivity contribution in [3.63, 3.8) is 0 Å². The maximum Gasteiger partial charge on any atom is 0.261 e. The van der Waals surface area contributed by atoms with Gasteiger partial charge in [-0.3, -0.25) is 9.52 Å². The summed E-state index contributed by atoms with van der Waals surface area (Å²) in [5, 5.41) is 0. The minimum Gasteiger partial charge on any atom is -0.484 e. The van der Waals surface area contributed by atoms with Gasteiger partial charge >= 0.3 is 0 Å². The lowest BCUT2D eigenvalue weighted by molar-refractivity contribution is -0.133. The van der Waals surface area contributed by atoms with Crippen LogP contribution in [-0.4, -0.2) is 38.9 Å². The Morgan fingerprint density at radius 3 is 2.36 bits per heavy atom. The molecule has 2 aromatic rings. The van der Waals surface area contributed by atoms with E-state index in [-0.39, 0.29) is 17.4 Å². The number of rotatable bonds is 6. The van der Waals surface area contributed by atoms with Crippen LogP contribution in [0.25, 0.3) is 0 Å². The van der Waals surface area contributed by atoms with E-state index in [2.05, 4.69) is 4.72 Å². The quantitative estimate of drug-likeness (QED) is 0.801. The van der Waals surface area contributed by atoms with E-state index >= 15 is 0 Å². The molecule has 2 aromatic carbocycles. The Kier molecular flexibility index (Phi) is 6.57. The number of ether oxygens (including phenoxy) is 1. The van der Waals surface area contributed by atoms with Crippen molar-refractivity contribution in [1.82, 2.24) is 4.90 Å². The zero-order valence-corrected chi connectivity index (χ0v) is 16.9. The van der Waals surface area contributed by atoms with Crippen molar-refractivity contribution in [2.75, 3.05) is 24.4 Å². The molecule has 0 radical (unpaired) electrons. The van der Waals surface area contributed by atoms with Crippen LogP contribution in [0.5, 0.6) is 5.75 Å². The average molecular weight is 403 g/mol. The molecule has 0 spiro atoms. The maximum absolute atomic E-state index is 12.5. The molecular formula is C21H26N2O4S. The maximum atomic E-state index is 12.5. The number of likely N-dealkylation sites (tertiary alicyclic amines) is 1. The van der Waals surface area contributed by atoms with Crippen LogP contribution in [0.3, 0.4) is 0 Å². The summed E-state index contributed by atoms with van der Waals surface area (Å²) in [6.07, 6.45) is 4.40. The number of anilines is 1. The molecule has 1 aliphatic heterocycles. The molecule has 0 aliphatic carbocycles. The molecule has 1 amide bonds. The van der Waals surface area contributed by atoms with Gasteiger partial charge in [-0.15, -0.1) is 0 Å². The van der Waals surface area contributed by atoms with Crippen LogP contribution in [0.4, 0.5) is 5.69 Å². The molecule has 1 heterocycles. The van der Waals surface area contributed by atoms with Crippen molar-refractivity contribution < 1.29 is 17.9 Å². The summed E-state index contributed by atoms with van der Waals surface area (Å²) >= 11 is 0. The van der Waals surface area contributed by atoms with Crippen molar-refractivity contribution in [2.45, 2.75) is 37.5 Å². The molecule has 0 bridgehead atoms. The fourth-order valence-electron chi connectivity index (χ4n) is 3.19. The molecular weight excluding hydrogens is 376 g/mol. The number of hydrogen-bond acceptors (Lipinski definition) is 4. The molecule has 1 N–H and O–H groups in total. The van der Waals surface area contributed by atoms with E-state index < -0.39 is 10.0 Å². The van der Waals surface area contributed by atoms with Gasteiger partial charge in [-0.05, 0) is 61.7 Å². The van der Waals surface area contributed by atoms with Crippen LogP contribution in [0.15, 0.2) is 53.4 Å². The van der Waals surface area contributed by atoms with Crippen molar-refractivity contribution >= 4 is 21.6 Å². The Bertz CT molecular complexity index is 902. The second-order valence-corrected chi connectivity index (χ2v) is 8.71. The van der Waals surface area contributed by atoms with Crippen LogP contribution in [-0.2, 0) is 14.8 Å². The third-order valence-corrected chi connectivity index (χ3v) is 6.12. The average Bonchev–Trinajstić information content (AvgIpc) is 2.96. The standard InChI is InChI=1S/C21H26N2O4S/c1-17-7-6-8-18(15-17)22-28(25,26)20-11-9-19(10-12-20)27-16-21(24)23-13-4-2-3-5-14-23/h6-12,15,22H,2-5,13-14,16H2,1H3. The summed E-state index contributed by atoms with van der Waals surface area (Å²) in [7, 11) is -3.68. The fourth-order valence-corrected chi connectivity index (χ4v) is 4.24. The van der Waals surface area contributed by atoms with Gasteiger partial charge in [0.1, 0.15) is 5.75 Å². The van der Waals surface area contributed by atoms with Gasteiger partial charge < -0.3 is 9.64 Å². The number of aryl methyl sites for hydroxylation is 1. The molecule has 0 atom stereocenters. The number of nitrogens with one attached hydrogen (secondary N) is 1. The summed E-state index contributed by atoms with van der Waals surface area (Å²) in [5.74, 6) is 0.442. The number of amides is 1. The lowest BCUT2D eigenvalue weighted by Gasteiger charge is -2.20. The van der Waals surface area contributed by atoms with E-state index in [4.69, 9.17) is 4.74 Å². The lowest BCUT2D eigenvalue weighted by atomic mass is 10.2. The van der Waals surface area contributed by atoms with Crippen molar-refractivity contribution in [2.24, 2.45) is 0 Å². The van der Waals surface area contributed by atoms with Crippen LogP contribution in [0.1, 0.15) is 31.2 Å². The van der Waals surface area contributed by atoms with Gasteiger partial charge in [-0.1, -0.05) is 25.0 Å². The first-order valence-electron chi connectivity index (χ1n) is 9.54. The molecule has 150 valence electrons. The number of benzene rings is 2. The van der Waals surface area contributed by atoms with Crippen molar-refractivity contribution in [3.8, 4) is 5.75 Å². The third-order valence-electron chi connectivity index (χ3n) is 4.73. The molecule has 7 heteroatoms. The largest absolute Gasteiger partial charge is 0.484 e. The van der Waals surface area contributed by atoms with Crippen LogP contribution >= 0.6 is 0 Å². The van der Waals surface area contributed by atoms with E-state index in [1.165, 1.54) is 12.1 Å². The van der Waals surface area contributed by atoms with Gasteiger partial charge in [0.25, 0.3) is 15.9 Å². The van der Waals surface area contributed by atoms with Gasteiger partial charge in [0.2, 0.25) is 0 Å². The van der Waals surface area contributed by atoms with Gasteiger partial charge in [0.15, 0.2) is 6.61 Å². The zero-order chi connectivity index (χ0) is 20.0. The molecule has 1 saturated heterocycles. The summed E-state index contributed by atoms with van der Waals surface area (Å²) in [6, 6.07) is 13.3. The molecule has 1 aliphatic rings. The Morgan fingerprint density at radius 2 is 1.71 bits per heavy atom. The first-order chi connectivity index (χ1) is 13.4. The molecule has 0 aromatic heterocycles. The highest BCUT2D eigenvalue weighted by molar-refractivity contribution is 7.92. The fraction of sp³-hybridized carbons (Fsp3) is 0.381. The van der Waals surface area contributed by atoms with Crippen LogP contribution < -0.4 is 9.46 Å². The molecule has 6 nitrogen and oxygen atoms in total. The van der Waals surface area contributed by atoms with Gasteiger partial charge in [-0.2, -0.15) is 0 Å². The zero-order valence-electron chi connectivity index (χ0n) is 16.1. The van der Waals surface area contributed by atoms with E-state index in [1.54, 1.807) is 30.3 Å². The molecule has 0 saturated carbocycles. The summed E-state index contributed by atoms with van der Waals surface area (Å²) in [4.78, 5) is 14.3. The minimum atomic E-state index is -3.68. The summed E-state index contributed by atoms with van der Waals surface area (Å²) in [5.41, 5.74) is 1.49. The predicted molar refractivity (Wildman–Crippen MR) is 109 cm³/mol. The van der Waals surface area contributed by atoms with E-state index in [9.17, 15) is 13.2 Å². The van der Waals surface area contributed by atoms with E-state index in [1.807, 2.05) is 17.9 Å². The van der Waals surface area contributed by atoms with Crippen LogP contribution in [0, 0.1) is 6.92 Å². The molecule has 1 fully saturated rings. The van der Waals surface area contributed by atoms with Gasteiger partial charge in [0.05, 0.1) is 4.90 Å². The van der Waals surface area contributed by atoms with E-state index in [0.717, 1.165) is 44.3 Å². The van der Waals surface area contributed by atoms with Crippen LogP contribution in [0.2, 0.25) is 0 Å². The number of nitrogens with zero attached hydrogens (tertiary/aromatic N) is 1. The Morgan fingerprint density at radius 1 is 1.04 bits per heavy atom. The highest BCUT2D eigenvalue weighted by atomic mass is 32.2. The SMILES string of the molecule is Cc1cccc(NS(=O)(=O)c2ccc(OCC(=O)N3CCCCCC3)cc2)c1. The molecule has 3 rings (SSSR count). The minimum absolute atomic E-state index is 0.0280. The Balaban J connectivity index is 1.58. The Labute approximate surface area is 166 Å². The molecule has 28 heavy (non-hydrogen) atoms. The van der Waals surface area contributed by atoms with Gasteiger partial charge in [0, 0.05) is 18.8 Å². The van der Waals surface area contributed by atoms with Gasteiger partial charge in [-0.25, -0.2) is 8.42 Å². The summed E-state index contributed by atoms with van der Waals surface area (Å²) < 4.78 is 33.2.